The number of phenols is 1. The zero-order chi connectivity index (χ0) is 11.6. The molecule has 3 N–H and O–H groups in total. The van der Waals surface area contributed by atoms with Crippen LogP contribution in [0.5, 0.6) is 5.75 Å². The Morgan fingerprint density at radius 1 is 1.44 bits per heavy atom. The van der Waals surface area contributed by atoms with Gasteiger partial charge in [0.25, 0.3) is 5.91 Å². The molecule has 2 rings (SSSR count). The second-order valence-electron chi connectivity index (χ2n) is 4.39. The van der Waals surface area contributed by atoms with E-state index in [0.717, 1.165) is 12.8 Å². The predicted molar refractivity (Wildman–Crippen MR) is 59.2 cm³/mol. The summed E-state index contributed by atoms with van der Waals surface area (Å²) in [7, 11) is 0. The molecule has 1 saturated carbocycles. The molecule has 0 bridgehead atoms. The van der Waals surface area contributed by atoms with E-state index >= 15 is 0 Å². The first-order chi connectivity index (χ1) is 7.65. The first-order valence-electron chi connectivity index (χ1n) is 5.33. The maximum absolute atomic E-state index is 11.7. The zero-order valence-electron chi connectivity index (χ0n) is 8.94. The van der Waals surface area contributed by atoms with Crippen molar-refractivity contribution in [3.63, 3.8) is 0 Å². The molecular weight excluding hydrogens is 206 g/mol. The molecule has 1 aromatic carbocycles. The van der Waals surface area contributed by atoms with Gasteiger partial charge in [0.1, 0.15) is 5.75 Å². The van der Waals surface area contributed by atoms with Gasteiger partial charge in [-0.1, -0.05) is 6.07 Å². The van der Waals surface area contributed by atoms with Crippen LogP contribution in [-0.4, -0.2) is 29.3 Å². The van der Waals surface area contributed by atoms with Crippen LogP contribution < -0.4 is 5.32 Å². The number of benzene rings is 1. The van der Waals surface area contributed by atoms with Gasteiger partial charge in [-0.05, 0) is 31.0 Å². The Hall–Kier alpha value is -1.55. The number of hydrogen-bond acceptors (Lipinski definition) is 3. The van der Waals surface area contributed by atoms with Gasteiger partial charge in [-0.25, -0.2) is 0 Å². The number of phenolic OH excluding ortho intramolecular Hbond substituents is 1. The molecule has 16 heavy (non-hydrogen) atoms. The van der Waals surface area contributed by atoms with Crippen LogP contribution in [0.1, 0.15) is 23.2 Å². The molecule has 4 heteroatoms. The molecule has 1 fully saturated rings. The summed E-state index contributed by atoms with van der Waals surface area (Å²) in [6, 6.07) is 6.22. The van der Waals surface area contributed by atoms with Crippen LogP contribution in [0.3, 0.4) is 0 Å². The molecule has 0 spiro atoms. The third kappa shape index (κ3) is 2.33. The van der Waals surface area contributed by atoms with E-state index in [1.54, 1.807) is 12.1 Å². The van der Waals surface area contributed by atoms with E-state index < -0.39 is 0 Å². The molecule has 86 valence electrons. The summed E-state index contributed by atoms with van der Waals surface area (Å²) >= 11 is 0. The highest BCUT2D eigenvalue weighted by Gasteiger charge is 2.42. The van der Waals surface area contributed by atoms with E-state index in [0.29, 0.717) is 12.1 Å². The summed E-state index contributed by atoms with van der Waals surface area (Å²) in [6.45, 7) is 0.616. The maximum Gasteiger partial charge on any atom is 0.251 e. The Labute approximate surface area is 93.9 Å². The van der Waals surface area contributed by atoms with Crippen molar-refractivity contribution in [1.29, 1.82) is 0 Å². The van der Waals surface area contributed by atoms with Gasteiger partial charge in [-0.2, -0.15) is 0 Å². The summed E-state index contributed by atoms with van der Waals surface area (Å²) in [5.41, 5.74) is 0.348. The van der Waals surface area contributed by atoms with Crippen molar-refractivity contribution >= 4 is 5.91 Å². The van der Waals surface area contributed by atoms with Crippen molar-refractivity contribution in [2.75, 3.05) is 13.2 Å². The van der Waals surface area contributed by atoms with Gasteiger partial charge in [-0.15, -0.1) is 0 Å². The SMILES string of the molecule is O=C(NCC1(CO)CC1)c1cccc(O)c1. The molecule has 0 aromatic heterocycles. The van der Waals surface area contributed by atoms with Crippen LogP contribution in [0.4, 0.5) is 0 Å². The zero-order valence-corrected chi connectivity index (χ0v) is 8.94. The summed E-state index contributed by atoms with van der Waals surface area (Å²) < 4.78 is 0. The molecule has 0 unspecified atom stereocenters. The molecule has 1 aromatic rings. The Morgan fingerprint density at radius 3 is 2.75 bits per heavy atom. The lowest BCUT2D eigenvalue weighted by molar-refractivity contribution is 0.0935. The summed E-state index contributed by atoms with van der Waals surface area (Å²) in [5.74, 6) is -0.133. The molecular formula is C12H15NO3. The standard InChI is InChI=1S/C12H15NO3/c14-8-12(4-5-12)7-13-11(16)9-2-1-3-10(15)6-9/h1-3,6,14-15H,4-5,7-8H2,(H,13,16). The fourth-order valence-electron chi connectivity index (χ4n) is 1.58. The number of carbonyl (C=O) groups excluding carboxylic acids is 1. The van der Waals surface area contributed by atoms with Crippen LogP contribution in [0.2, 0.25) is 0 Å². The molecule has 1 aliphatic rings. The van der Waals surface area contributed by atoms with Crippen molar-refractivity contribution in [3.8, 4) is 5.75 Å². The summed E-state index contributed by atoms with van der Waals surface area (Å²) in [4.78, 5) is 11.7. The molecule has 0 atom stereocenters. The number of carbonyl (C=O) groups is 1. The minimum absolute atomic E-state index is 0.0796. The average Bonchev–Trinajstić information content (AvgIpc) is 3.07. The van der Waals surface area contributed by atoms with E-state index in [1.165, 1.54) is 12.1 Å². The second-order valence-corrected chi connectivity index (χ2v) is 4.39. The number of aliphatic hydroxyl groups excluding tert-OH is 1. The second kappa shape index (κ2) is 4.14. The van der Waals surface area contributed by atoms with Gasteiger partial charge < -0.3 is 15.5 Å². The molecule has 1 amide bonds. The normalized spacial score (nSPS) is 16.8. The lowest BCUT2D eigenvalue weighted by atomic mass is 10.1. The lowest BCUT2D eigenvalue weighted by Gasteiger charge is -2.12. The monoisotopic (exact) mass is 221 g/mol. The molecule has 0 radical (unpaired) electrons. The topological polar surface area (TPSA) is 69.6 Å². The number of aromatic hydroxyl groups is 1. The van der Waals surface area contributed by atoms with Gasteiger partial charge in [0.15, 0.2) is 0 Å². The third-order valence-electron chi connectivity index (χ3n) is 3.02. The van der Waals surface area contributed by atoms with E-state index in [4.69, 9.17) is 5.11 Å². The van der Waals surface area contributed by atoms with Gasteiger partial charge in [0, 0.05) is 17.5 Å². The minimum atomic E-state index is -0.212. The number of rotatable bonds is 4. The number of aliphatic hydroxyl groups is 1. The molecule has 0 saturated heterocycles. The fraction of sp³-hybridized carbons (Fsp3) is 0.417. The van der Waals surface area contributed by atoms with Gasteiger partial charge in [-0.3, -0.25) is 4.79 Å². The highest BCUT2D eigenvalue weighted by molar-refractivity contribution is 5.94. The molecule has 4 nitrogen and oxygen atoms in total. The predicted octanol–water partition coefficient (Wildman–Crippen LogP) is 0.895. The molecule has 0 aliphatic heterocycles. The molecule has 1 aliphatic carbocycles. The number of nitrogens with one attached hydrogen (secondary N) is 1. The molecule has 0 heterocycles. The Bertz CT molecular complexity index is 399. The van der Waals surface area contributed by atoms with Crippen molar-refractivity contribution < 1.29 is 15.0 Å². The summed E-state index contributed by atoms with van der Waals surface area (Å²) in [5, 5.41) is 21.1. The summed E-state index contributed by atoms with van der Waals surface area (Å²) in [6.07, 6.45) is 1.92. The van der Waals surface area contributed by atoms with Crippen molar-refractivity contribution in [2.45, 2.75) is 12.8 Å². The lowest BCUT2D eigenvalue weighted by Crippen LogP contribution is -2.31. The van der Waals surface area contributed by atoms with Crippen LogP contribution in [-0.2, 0) is 0 Å². The Balaban J connectivity index is 1.93. The highest BCUT2D eigenvalue weighted by Crippen LogP contribution is 2.44. The van der Waals surface area contributed by atoms with E-state index in [-0.39, 0.29) is 23.7 Å². The van der Waals surface area contributed by atoms with Crippen molar-refractivity contribution in [3.05, 3.63) is 29.8 Å². The Morgan fingerprint density at radius 2 is 2.19 bits per heavy atom. The van der Waals surface area contributed by atoms with Crippen LogP contribution in [0.15, 0.2) is 24.3 Å². The smallest absolute Gasteiger partial charge is 0.251 e. The quantitative estimate of drug-likeness (QED) is 0.707. The average molecular weight is 221 g/mol. The van der Waals surface area contributed by atoms with E-state index in [9.17, 15) is 9.90 Å². The number of amides is 1. The van der Waals surface area contributed by atoms with Crippen LogP contribution >= 0.6 is 0 Å². The van der Waals surface area contributed by atoms with E-state index in [2.05, 4.69) is 5.32 Å². The minimum Gasteiger partial charge on any atom is -0.508 e. The van der Waals surface area contributed by atoms with E-state index in [1.807, 2.05) is 0 Å². The van der Waals surface area contributed by atoms with Gasteiger partial charge in [0.05, 0.1) is 6.61 Å². The van der Waals surface area contributed by atoms with Gasteiger partial charge in [0.2, 0.25) is 0 Å². The first kappa shape index (κ1) is 11.0. The number of hydrogen-bond donors (Lipinski definition) is 3. The van der Waals surface area contributed by atoms with Gasteiger partial charge >= 0.3 is 0 Å². The fourth-order valence-corrected chi connectivity index (χ4v) is 1.58. The highest BCUT2D eigenvalue weighted by atomic mass is 16.3. The maximum atomic E-state index is 11.7. The third-order valence-corrected chi connectivity index (χ3v) is 3.02. The van der Waals surface area contributed by atoms with Crippen molar-refractivity contribution in [1.82, 2.24) is 5.32 Å². The largest absolute Gasteiger partial charge is 0.508 e. The van der Waals surface area contributed by atoms with Crippen LogP contribution in [0.25, 0.3) is 0 Å². The first-order valence-corrected chi connectivity index (χ1v) is 5.33. The van der Waals surface area contributed by atoms with Crippen LogP contribution in [0, 0.1) is 5.41 Å². The van der Waals surface area contributed by atoms with Crippen molar-refractivity contribution in [2.24, 2.45) is 5.41 Å². The Kier molecular flexibility index (Phi) is 2.83.